The molecule has 0 bridgehead atoms. The van der Waals surface area contributed by atoms with Gasteiger partial charge in [0.25, 0.3) is 5.91 Å². The van der Waals surface area contributed by atoms with Gasteiger partial charge in [0, 0.05) is 12.1 Å². The second kappa shape index (κ2) is 7.38. The first kappa shape index (κ1) is 17.0. The normalized spacial score (nSPS) is 16.4. The number of cyclic esters (lactones) is 1. The van der Waals surface area contributed by atoms with Crippen molar-refractivity contribution in [2.75, 3.05) is 18.1 Å². The standard InChI is InChI=1S/C20H21NO4/c1-14-7-6-10-17(15(14)2)21(18-11-12-24-20(18)23)19(22)13-25-16-8-4-3-5-9-16/h3-10,18H,11-13H2,1-2H3. The summed E-state index contributed by atoms with van der Waals surface area (Å²) in [6, 6.07) is 14.3. The van der Waals surface area contributed by atoms with Crippen LogP contribution in [0.5, 0.6) is 5.75 Å². The van der Waals surface area contributed by atoms with Gasteiger partial charge >= 0.3 is 5.97 Å². The van der Waals surface area contributed by atoms with Crippen LogP contribution in [-0.4, -0.2) is 31.1 Å². The van der Waals surface area contributed by atoms with Gasteiger partial charge in [0.1, 0.15) is 11.8 Å². The molecule has 130 valence electrons. The molecule has 1 fully saturated rings. The van der Waals surface area contributed by atoms with E-state index in [1.807, 2.05) is 50.2 Å². The highest BCUT2D eigenvalue weighted by atomic mass is 16.5. The summed E-state index contributed by atoms with van der Waals surface area (Å²) in [5, 5.41) is 0. The zero-order chi connectivity index (χ0) is 17.8. The number of hydrogen-bond donors (Lipinski definition) is 0. The van der Waals surface area contributed by atoms with Crippen molar-refractivity contribution in [3.63, 3.8) is 0 Å². The molecule has 1 heterocycles. The highest BCUT2D eigenvalue weighted by Crippen LogP contribution is 2.28. The van der Waals surface area contributed by atoms with Gasteiger partial charge in [-0.2, -0.15) is 0 Å². The Morgan fingerprint density at radius 2 is 1.92 bits per heavy atom. The number of amides is 1. The Kier molecular flexibility index (Phi) is 5.03. The van der Waals surface area contributed by atoms with Gasteiger partial charge < -0.3 is 9.47 Å². The number of ether oxygens (including phenoxy) is 2. The van der Waals surface area contributed by atoms with Crippen LogP contribution in [0.1, 0.15) is 17.5 Å². The Hall–Kier alpha value is -2.82. The minimum absolute atomic E-state index is 0.138. The van der Waals surface area contributed by atoms with Gasteiger partial charge in [0.2, 0.25) is 0 Å². The van der Waals surface area contributed by atoms with Crippen LogP contribution in [0.4, 0.5) is 5.69 Å². The molecule has 5 nitrogen and oxygen atoms in total. The lowest BCUT2D eigenvalue weighted by Gasteiger charge is -2.28. The van der Waals surface area contributed by atoms with Crippen molar-refractivity contribution in [1.29, 1.82) is 0 Å². The topological polar surface area (TPSA) is 55.8 Å². The number of nitrogens with zero attached hydrogens (tertiary/aromatic N) is 1. The molecule has 0 N–H and O–H groups in total. The smallest absolute Gasteiger partial charge is 0.329 e. The van der Waals surface area contributed by atoms with Crippen LogP contribution < -0.4 is 9.64 Å². The van der Waals surface area contributed by atoms with E-state index in [9.17, 15) is 9.59 Å². The molecule has 0 spiro atoms. The van der Waals surface area contributed by atoms with E-state index >= 15 is 0 Å². The molecule has 0 saturated carbocycles. The third-order valence-corrected chi connectivity index (χ3v) is 4.43. The quantitative estimate of drug-likeness (QED) is 0.786. The first-order valence-electron chi connectivity index (χ1n) is 8.30. The van der Waals surface area contributed by atoms with Gasteiger partial charge in [-0.3, -0.25) is 9.69 Å². The molecule has 1 amide bonds. The van der Waals surface area contributed by atoms with E-state index in [1.165, 1.54) is 4.90 Å². The summed E-state index contributed by atoms with van der Waals surface area (Å²) in [7, 11) is 0. The molecular formula is C20H21NO4. The van der Waals surface area contributed by atoms with E-state index in [4.69, 9.17) is 9.47 Å². The van der Waals surface area contributed by atoms with E-state index in [-0.39, 0.29) is 18.5 Å². The maximum atomic E-state index is 12.9. The minimum atomic E-state index is -0.604. The molecule has 0 radical (unpaired) electrons. The fourth-order valence-electron chi connectivity index (χ4n) is 2.92. The molecule has 3 rings (SSSR count). The molecule has 0 aromatic heterocycles. The molecule has 1 saturated heterocycles. The van der Waals surface area contributed by atoms with Gasteiger partial charge in [0.05, 0.1) is 6.61 Å². The van der Waals surface area contributed by atoms with E-state index in [2.05, 4.69) is 0 Å². The first-order valence-corrected chi connectivity index (χ1v) is 8.30. The molecule has 1 unspecified atom stereocenters. The lowest BCUT2D eigenvalue weighted by Crippen LogP contribution is -2.46. The average Bonchev–Trinajstić information content (AvgIpc) is 3.04. The van der Waals surface area contributed by atoms with Gasteiger partial charge in [-0.15, -0.1) is 0 Å². The fourth-order valence-corrected chi connectivity index (χ4v) is 2.92. The number of anilines is 1. The highest BCUT2D eigenvalue weighted by molar-refractivity contribution is 6.01. The van der Waals surface area contributed by atoms with E-state index < -0.39 is 6.04 Å². The third-order valence-electron chi connectivity index (χ3n) is 4.43. The van der Waals surface area contributed by atoms with Crippen molar-refractivity contribution in [1.82, 2.24) is 0 Å². The Morgan fingerprint density at radius 1 is 1.16 bits per heavy atom. The number of benzene rings is 2. The molecule has 25 heavy (non-hydrogen) atoms. The predicted molar refractivity (Wildman–Crippen MR) is 94.7 cm³/mol. The summed E-state index contributed by atoms with van der Waals surface area (Å²) in [4.78, 5) is 26.5. The average molecular weight is 339 g/mol. The summed E-state index contributed by atoms with van der Waals surface area (Å²) < 4.78 is 10.7. The predicted octanol–water partition coefficient (Wildman–Crippen LogP) is 3.03. The van der Waals surface area contributed by atoms with E-state index in [1.54, 1.807) is 12.1 Å². The van der Waals surface area contributed by atoms with Crippen LogP contribution in [0.3, 0.4) is 0 Å². The number of carbonyl (C=O) groups is 2. The van der Waals surface area contributed by atoms with Crippen LogP contribution in [-0.2, 0) is 14.3 Å². The third kappa shape index (κ3) is 3.65. The zero-order valence-electron chi connectivity index (χ0n) is 14.4. The second-order valence-electron chi connectivity index (χ2n) is 6.06. The number of para-hydroxylation sites is 1. The van der Waals surface area contributed by atoms with Crippen molar-refractivity contribution in [2.24, 2.45) is 0 Å². The van der Waals surface area contributed by atoms with Crippen molar-refractivity contribution < 1.29 is 19.1 Å². The van der Waals surface area contributed by atoms with Gasteiger partial charge in [-0.25, -0.2) is 4.79 Å². The van der Waals surface area contributed by atoms with Gasteiger partial charge in [-0.1, -0.05) is 30.3 Å². The number of aryl methyl sites for hydroxylation is 1. The fraction of sp³-hybridized carbons (Fsp3) is 0.300. The SMILES string of the molecule is Cc1cccc(N(C(=O)COc2ccccc2)C2CCOC2=O)c1C. The van der Waals surface area contributed by atoms with Crippen LogP contribution in [0.25, 0.3) is 0 Å². The summed E-state index contributed by atoms with van der Waals surface area (Å²) >= 11 is 0. The zero-order valence-corrected chi connectivity index (χ0v) is 14.4. The van der Waals surface area contributed by atoms with Crippen molar-refractivity contribution in [3.05, 3.63) is 59.7 Å². The molecule has 1 aliphatic rings. The monoisotopic (exact) mass is 339 g/mol. The number of rotatable bonds is 5. The number of carbonyl (C=O) groups excluding carboxylic acids is 2. The largest absolute Gasteiger partial charge is 0.484 e. The maximum absolute atomic E-state index is 12.9. The molecule has 5 heteroatoms. The summed E-state index contributed by atoms with van der Waals surface area (Å²) in [5.74, 6) is -0.0128. The summed E-state index contributed by atoms with van der Waals surface area (Å²) in [6.07, 6.45) is 0.489. The van der Waals surface area contributed by atoms with E-state index in [0.717, 1.165) is 16.8 Å². The summed E-state index contributed by atoms with van der Waals surface area (Å²) in [6.45, 7) is 4.12. The lowest BCUT2D eigenvalue weighted by molar-refractivity contribution is -0.140. The second-order valence-corrected chi connectivity index (χ2v) is 6.06. The molecule has 2 aromatic rings. The van der Waals surface area contributed by atoms with Crippen molar-refractivity contribution >= 4 is 17.6 Å². The molecule has 1 atom stereocenters. The van der Waals surface area contributed by atoms with Crippen molar-refractivity contribution in [3.8, 4) is 5.75 Å². The van der Waals surface area contributed by atoms with Gasteiger partial charge in [0.15, 0.2) is 6.61 Å². The van der Waals surface area contributed by atoms with Crippen LogP contribution in [0, 0.1) is 13.8 Å². The first-order chi connectivity index (χ1) is 12.1. The molecular weight excluding hydrogens is 318 g/mol. The number of esters is 1. The van der Waals surface area contributed by atoms with Crippen LogP contribution in [0.15, 0.2) is 48.5 Å². The van der Waals surface area contributed by atoms with Crippen LogP contribution >= 0.6 is 0 Å². The minimum Gasteiger partial charge on any atom is -0.484 e. The Balaban J connectivity index is 1.87. The lowest BCUT2D eigenvalue weighted by atomic mass is 10.0. The number of hydrogen-bond acceptors (Lipinski definition) is 4. The maximum Gasteiger partial charge on any atom is 0.329 e. The molecule has 0 aliphatic carbocycles. The van der Waals surface area contributed by atoms with Crippen LogP contribution in [0.2, 0.25) is 0 Å². The van der Waals surface area contributed by atoms with Gasteiger partial charge in [-0.05, 0) is 43.2 Å². The Labute approximate surface area is 147 Å². The van der Waals surface area contributed by atoms with E-state index in [0.29, 0.717) is 18.8 Å². The van der Waals surface area contributed by atoms with Crippen molar-refractivity contribution in [2.45, 2.75) is 26.3 Å². The Bertz CT molecular complexity index is 773. The molecule has 1 aliphatic heterocycles. The molecule has 2 aromatic carbocycles. The highest BCUT2D eigenvalue weighted by Gasteiger charge is 2.37. The summed E-state index contributed by atoms with van der Waals surface area (Å²) in [5.41, 5.74) is 2.76. The Morgan fingerprint density at radius 3 is 2.60 bits per heavy atom.